The molecule has 0 radical (unpaired) electrons. The lowest BCUT2D eigenvalue weighted by atomic mass is 10.1. The maximum atomic E-state index is 12.5. The van der Waals surface area contributed by atoms with Gasteiger partial charge in [-0.15, -0.1) is 0 Å². The minimum absolute atomic E-state index is 0.181. The van der Waals surface area contributed by atoms with Gasteiger partial charge in [-0.25, -0.2) is 4.79 Å². The van der Waals surface area contributed by atoms with Crippen LogP contribution in [0.15, 0.2) is 42.5 Å². The highest BCUT2D eigenvalue weighted by molar-refractivity contribution is 6.31. The number of halogens is 1. The first-order chi connectivity index (χ1) is 12.9. The van der Waals surface area contributed by atoms with Crippen molar-refractivity contribution in [3.8, 4) is 0 Å². The number of nitrogens with one attached hydrogen (secondary N) is 2. The summed E-state index contributed by atoms with van der Waals surface area (Å²) < 4.78 is 0. The Morgan fingerprint density at radius 2 is 1.78 bits per heavy atom. The van der Waals surface area contributed by atoms with Crippen LogP contribution in [0.1, 0.15) is 40.1 Å². The average molecular weight is 386 g/mol. The molecular formula is C20H20ClN3O3. The van der Waals surface area contributed by atoms with E-state index in [4.69, 9.17) is 11.6 Å². The van der Waals surface area contributed by atoms with Gasteiger partial charge in [0.15, 0.2) is 0 Å². The summed E-state index contributed by atoms with van der Waals surface area (Å²) in [5.74, 6) is -0.442. The number of fused-ring (bicyclic) bond motifs is 1. The lowest BCUT2D eigenvalue weighted by Crippen LogP contribution is -2.33. The van der Waals surface area contributed by atoms with Crippen LogP contribution < -0.4 is 10.6 Å². The van der Waals surface area contributed by atoms with Crippen molar-refractivity contribution in [1.29, 1.82) is 0 Å². The van der Waals surface area contributed by atoms with Gasteiger partial charge in [0.25, 0.3) is 11.8 Å². The third-order valence-corrected chi connectivity index (χ3v) is 4.54. The molecule has 0 aromatic heterocycles. The van der Waals surface area contributed by atoms with Gasteiger partial charge in [-0.3, -0.25) is 14.5 Å². The first-order valence-electron chi connectivity index (χ1n) is 8.65. The molecular weight excluding hydrogens is 366 g/mol. The summed E-state index contributed by atoms with van der Waals surface area (Å²) in [6.07, 6.45) is 0. The van der Waals surface area contributed by atoms with Crippen LogP contribution in [0.25, 0.3) is 0 Å². The second-order valence-electron chi connectivity index (χ2n) is 6.77. The summed E-state index contributed by atoms with van der Waals surface area (Å²) in [5.41, 5.74) is 1.92. The van der Waals surface area contributed by atoms with Crippen molar-refractivity contribution in [2.45, 2.75) is 20.4 Å². The highest BCUT2D eigenvalue weighted by Gasteiger charge is 2.35. The zero-order valence-corrected chi connectivity index (χ0v) is 15.8. The van der Waals surface area contributed by atoms with E-state index in [2.05, 4.69) is 10.6 Å². The van der Waals surface area contributed by atoms with E-state index in [1.165, 1.54) is 11.0 Å². The fourth-order valence-corrected chi connectivity index (χ4v) is 3.09. The predicted octanol–water partition coefficient (Wildman–Crippen LogP) is 3.91. The Morgan fingerprint density at radius 1 is 1.07 bits per heavy atom. The Labute approximate surface area is 162 Å². The zero-order valence-electron chi connectivity index (χ0n) is 15.1. The monoisotopic (exact) mass is 385 g/mol. The molecule has 0 saturated heterocycles. The molecule has 0 atom stereocenters. The summed E-state index contributed by atoms with van der Waals surface area (Å²) in [7, 11) is 0. The van der Waals surface area contributed by atoms with Gasteiger partial charge in [-0.1, -0.05) is 43.6 Å². The third kappa shape index (κ3) is 4.11. The quantitative estimate of drug-likeness (QED) is 0.766. The number of imide groups is 1. The maximum Gasteiger partial charge on any atom is 0.319 e. The molecule has 1 aliphatic heterocycles. The Balaban J connectivity index is 1.67. The Bertz CT molecular complexity index is 911. The van der Waals surface area contributed by atoms with E-state index < -0.39 is 6.03 Å². The second kappa shape index (κ2) is 7.80. The van der Waals surface area contributed by atoms with Crippen molar-refractivity contribution >= 4 is 35.1 Å². The first kappa shape index (κ1) is 18.9. The van der Waals surface area contributed by atoms with Gasteiger partial charge < -0.3 is 10.6 Å². The molecule has 0 aliphatic carbocycles. The highest BCUT2D eigenvalue weighted by atomic mass is 35.5. The molecule has 2 N–H and O–H groups in total. The van der Waals surface area contributed by atoms with E-state index in [1.807, 2.05) is 32.0 Å². The topological polar surface area (TPSA) is 78.5 Å². The summed E-state index contributed by atoms with van der Waals surface area (Å²) >= 11 is 6.07. The van der Waals surface area contributed by atoms with Gasteiger partial charge in [0, 0.05) is 23.8 Å². The fraction of sp³-hybridized carbons (Fsp3) is 0.250. The van der Waals surface area contributed by atoms with E-state index in [9.17, 15) is 14.4 Å². The molecule has 3 rings (SSSR count). The van der Waals surface area contributed by atoms with Gasteiger partial charge in [0.05, 0.1) is 11.1 Å². The SMILES string of the molecule is CC(C)CN1C(=O)c2ccc(NC(=O)NCc3ccccc3Cl)cc2C1=O. The smallest absolute Gasteiger partial charge is 0.319 e. The van der Waals surface area contributed by atoms with E-state index in [1.54, 1.807) is 18.2 Å². The normalized spacial score (nSPS) is 13.1. The molecule has 0 bridgehead atoms. The molecule has 2 aromatic carbocycles. The van der Waals surface area contributed by atoms with Crippen LogP contribution in [0.2, 0.25) is 5.02 Å². The summed E-state index contributed by atoms with van der Waals surface area (Å²) in [5, 5.41) is 5.97. The number of hydrogen-bond donors (Lipinski definition) is 2. The predicted molar refractivity (Wildman–Crippen MR) is 104 cm³/mol. The number of carbonyl (C=O) groups excluding carboxylic acids is 3. The highest BCUT2D eigenvalue weighted by Crippen LogP contribution is 2.26. The van der Waals surface area contributed by atoms with Gasteiger partial charge in [0.1, 0.15) is 0 Å². The maximum absolute atomic E-state index is 12.5. The zero-order chi connectivity index (χ0) is 19.6. The molecule has 0 unspecified atom stereocenters. The molecule has 0 saturated carbocycles. The molecule has 1 aliphatic rings. The van der Waals surface area contributed by atoms with Crippen LogP contribution in [-0.2, 0) is 6.54 Å². The van der Waals surface area contributed by atoms with Crippen LogP contribution in [0.4, 0.5) is 10.5 Å². The molecule has 2 aromatic rings. The molecule has 27 heavy (non-hydrogen) atoms. The lowest BCUT2D eigenvalue weighted by Gasteiger charge is -2.15. The van der Waals surface area contributed by atoms with Gasteiger partial charge >= 0.3 is 6.03 Å². The van der Waals surface area contributed by atoms with Crippen molar-refractivity contribution < 1.29 is 14.4 Å². The van der Waals surface area contributed by atoms with Gasteiger partial charge in [0.2, 0.25) is 0 Å². The van der Waals surface area contributed by atoms with Crippen molar-refractivity contribution in [3.63, 3.8) is 0 Å². The summed E-state index contributed by atoms with van der Waals surface area (Å²) in [4.78, 5) is 38.2. The van der Waals surface area contributed by atoms with Crippen LogP contribution >= 0.6 is 11.6 Å². The number of hydrogen-bond acceptors (Lipinski definition) is 3. The Hall–Kier alpha value is -2.86. The van der Waals surface area contributed by atoms with Gasteiger partial charge in [-0.05, 0) is 35.7 Å². The Morgan fingerprint density at radius 3 is 2.48 bits per heavy atom. The molecule has 6 nitrogen and oxygen atoms in total. The number of rotatable bonds is 5. The minimum Gasteiger partial charge on any atom is -0.334 e. The number of urea groups is 1. The van der Waals surface area contributed by atoms with Crippen molar-refractivity contribution in [2.75, 3.05) is 11.9 Å². The van der Waals surface area contributed by atoms with Crippen molar-refractivity contribution in [2.24, 2.45) is 5.92 Å². The molecule has 7 heteroatoms. The van der Waals surface area contributed by atoms with Crippen LogP contribution in [0.3, 0.4) is 0 Å². The third-order valence-electron chi connectivity index (χ3n) is 4.17. The molecule has 1 heterocycles. The number of anilines is 1. The second-order valence-corrected chi connectivity index (χ2v) is 7.18. The van der Waals surface area contributed by atoms with E-state index in [-0.39, 0.29) is 24.3 Å². The standard InChI is InChI=1S/C20H20ClN3O3/c1-12(2)11-24-18(25)15-8-7-14(9-16(15)19(24)26)23-20(27)22-10-13-5-3-4-6-17(13)21/h3-9,12H,10-11H2,1-2H3,(H2,22,23,27). The van der Waals surface area contributed by atoms with E-state index in [0.29, 0.717) is 28.4 Å². The van der Waals surface area contributed by atoms with Crippen LogP contribution in [0, 0.1) is 5.92 Å². The van der Waals surface area contributed by atoms with Crippen LogP contribution in [0.5, 0.6) is 0 Å². The first-order valence-corrected chi connectivity index (χ1v) is 9.03. The van der Waals surface area contributed by atoms with Crippen molar-refractivity contribution in [1.82, 2.24) is 10.2 Å². The summed E-state index contributed by atoms with van der Waals surface area (Å²) in [6.45, 7) is 4.53. The molecule has 4 amide bonds. The largest absolute Gasteiger partial charge is 0.334 e. The average Bonchev–Trinajstić information content (AvgIpc) is 2.85. The molecule has 140 valence electrons. The lowest BCUT2D eigenvalue weighted by molar-refractivity contribution is 0.0636. The fourth-order valence-electron chi connectivity index (χ4n) is 2.89. The molecule has 0 spiro atoms. The number of carbonyl (C=O) groups is 3. The molecule has 0 fully saturated rings. The number of benzene rings is 2. The summed E-state index contributed by atoms with van der Waals surface area (Å²) in [6, 6.07) is 11.5. The number of nitrogens with zero attached hydrogens (tertiary/aromatic N) is 1. The number of amides is 4. The van der Waals surface area contributed by atoms with Crippen LogP contribution in [-0.4, -0.2) is 29.3 Å². The van der Waals surface area contributed by atoms with Crippen molar-refractivity contribution in [3.05, 3.63) is 64.2 Å². The Kier molecular flexibility index (Phi) is 5.46. The van der Waals surface area contributed by atoms with E-state index >= 15 is 0 Å². The minimum atomic E-state index is -0.425. The van der Waals surface area contributed by atoms with E-state index in [0.717, 1.165) is 5.56 Å². The van der Waals surface area contributed by atoms with Gasteiger partial charge in [-0.2, -0.15) is 0 Å².